The largest absolute Gasteiger partial charge is 0.305 e. The molecule has 0 aliphatic heterocycles. The molecular formula is C6H4N4O2S. The normalized spacial score (nSPS) is 10.2. The number of aromatic nitrogens is 3. The molecule has 0 unspecified atom stereocenters. The van der Waals surface area contributed by atoms with Crippen molar-refractivity contribution in [2.24, 2.45) is 0 Å². The fourth-order valence-corrected chi connectivity index (χ4v) is 1.72. The summed E-state index contributed by atoms with van der Waals surface area (Å²) in [5.41, 5.74) is 0.0514. The van der Waals surface area contributed by atoms with E-state index >= 15 is 0 Å². The average Bonchev–Trinajstić information content (AvgIpc) is 2.74. The lowest BCUT2D eigenvalue weighted by Crippen LogP contribution is -1.96. The van der Waals surface area contributed by atoms with Crippen LogP contribution in [0.2, 0.25) is 0 Å². The number of nitro groups is 1. The van der Waals surface area contributed by atoms with Gasteiger partial charge in [0.2, 0.25) is 0 Å². The van der Waals surface area contributed by atoms with E-state index in [1.807, 2.05) is 0 Å². The van der Waals surface area contributed by atoms with E-state index in [0.29, 0.717) is 5.00 Å². The smallest absolute Gasteiger partial charge is 0.258 e. The third-order valence-electron chi connectivity index (χ3n) is 1.45. The second kappa shape index (κ2) is 2.94. The van der Waals surface area contributed by atoms with Gasteiger partial charge >= 0.3 is 5.69 Å². The molecule has 2 aromatic rings. The monoisotopic (exact) mass is 196 g/mol. The second-order valence-electron chi connectivity index (χ2n) is 2.22. The van der Waals surface area contributed by atoms with Gasteiger partial charge in [0.1, 0.15) is 0 Å². The van der Waals surface area contributed by atoms with Crippen LogP contribution in [0.4, 0.5) is 5.69 Å². The van der Waals surface area contributed by atoms with Crippen molar-refractivity contribution in [3.8, 4) is 5.00 Å². The summed E-state index contributed by atoms with van der Waals surface area (Å²) in [6.45, 7) is 0. The summed E-state index contributed by atoms with van der Waals surface area (Å²) in [4.78, 5) is 10.1. The van der Waals surface area contributed by atoms with Crippen LogP contribution in [0, 0.1) is 10.1 Å². The van der Waals surface area contributed by atoms with Gasteiger partial charge in [-0.1, -0.05) is 5.21 Å². The van der Waals surface area contributed by atoms with Crippen molar-refractivity contribution in [1.29, 1.82) is 0 Å². The van der Waals surface area contributed by atoms with Gasteiger partial charge in [-0.3, -0.25) is 10.1 Å². The van der Waals surface area contributed by atoms with Crippen LogP contribution < -0.4 is 0 Å². The van der Waals surface area contributed by atoms with Crippen molar-refractivity contribution in [2.75, 3.05) is 0 Å². The number of hydrogen-bond acceptors (Lipinski definition) is 5. The van der Waals surface area contributed by atoms with E-state index in [-0.39, 0.29) is 5.69 Å². The molecule has 2 heterocycles. The summed E-state index contributed by atoms with van der Waals surface area (Å²) in [5.74, 6) is 0. The molecule has 7 heteroatoms. The van der Waals surface area contributed by atoms with Gasteiger partial charge in [-0.15, -0.1) is 16.4 Å². The molecule has 0 radical (unpaired) electrons. The standard InChI is InChI=1S/C6H4N4O2S/c11-10(12)5-1-4-13-6(5)9-3-2-7-8-9/h1-4H. The minimum absolute atomic E-state index is 0.0514. The topological polar surface area (TPSA) is 73.8 Å². The first-order valence-corrected chi connectivity index (χ1v) is 4.25. The van der Waals surface area contributed by atoms with Gasteiger partial charge in [0, 0.05) is 11.4 Å². The zero-order chi connectivity index (χ0) is 9.26. The summed E-state index contributed by atoms with van der Waals surface area (Å²) >= 11 is 1.25. The predicted octanol–water partition coefficient (Wildman–Crippen LogP) is 1.24. The molecule has 0 aliphatic rings. The quantitative estimate of drug-likeness (QED) is 0.535. The van der Waals surface area contributed by atoms with Gasteiger partial charge in [0.15, 0.2) is 5.00 Å². The molecule has 0 spiro atoms. The van der Waals surface area contributed by atoms with Gasteiger partial charge < -0.3 is 0 Å². The first kappa shape index (κ1) is 7.87. The Morgan fingerprint density at radius 3 is 3.08 bits per heavy atom. The van der Waals surface area contributed by atoms with Crippen LogP contribution in [0.5, 0.6) is 0 Å². The lowest BCUT2D eigenvalue weighted by molar-refractivity contribution is -0.384. The van der Waals surface area contributed by atoms with Gasteiger partial charge in [-0.25, -0.2) is 4.68 Å². The zero-order valence-electron chi connectivity index (χ0n) is 6.32. The van der Waals surface area contributed by atoms with Crippen molar-refractivity contribution < 1.29 is 4.92 Å². The van der Waals surface area contributed by atoms with Crippen LogP contribution in [0.15, 0.2) is 23.8 Å². The molecule has 0 N–H and O–H groups in total. The molecule has 13 heavy (non-hydrogen) atoms. The lowest BCUT2D eigenvalue weighted by Gasteiger charge is -1.93. The van der Waals surface area contributed by atoms with Crippen molar-refractivity contribution >= 4 is 17.0 Å². The highest BCUT2D eigenvalue weighted by Crippen LogP contribution is 2.27. The Balaban J connectivity index is 2.52. The molecule has 6 nitrogen and oxygen atoms in total. The van der Waals surface area contributed by atoms with Gasteiger partial charge in [-0.05, 0) is 0 Å². The molecule has 2 aromatic heterocycles. The second-order valence-corrected chi connectivity index (χ2v) is 3.11. The predicted molar refractivity (Wildman–Crippen MR) is 45.9 cm³/mol. The molecule has 0 saturated carbocycles. The number of rotatable bonds is 2. The van der Waals surface area contributed by atoms with Gasteiger partial charge in [0.05, 0.1) is 17.3 Å². The molecule has 66 valence electrons. The number of thiophene rings is 1. The van der Waals surface area contributed by atoms with Crippen molar-refractivity contribution in [1.82, 2.24) is 15.0 Å². The number of nitrogens with zero attached hydrogens (tertiary/aromatic N) is 4. The Hall–Kier alpha value is -1.76. The molecule has 2 rings (SSSR count). The summed E-state index contributed by atoms with van der Waals surface area (Å²) in [7, 11) is 0. The van der Waals surface area contributed by atoms with Crippen molar-refractivity contribution in [3.05, 3.63) is 34.0 Å². The molecule has 0 amide bonds. The Kier molecular flexibility index (Phi) is 1.78. The van der Waals surface area contributed by atoms with Crippen molar-refractivity contribution in [3.63, 3.8) is 0 Å². The third-order valence-corrected chi connectivity index (χ3v) is 2.34. The van der Waals surface area contributed by atoms with E-state index in [0.717, 1.165) is 0 Å². The van der Waals surface area contributed by atoms with E-state index in [1.165, 1.54) is 28.3 Å². The SMILES string of the molecule is O=[N+]([O-])c1ccsc1-n1ccnn1. The summed E-state index contributed by atoms with van der Waals surface area (Å²) in [6.07, 6.45) is 3.04. The zero-order valence-corrected chi connectivity index (χ0v) is 7.14. The molecule has 0 fully saturated rings. The van der Waals surface area contributed by atoms with E-state index in [2.05, 4.69) is 10.3 Å². The fourth-order valence-electron chi connectivity index (χ4n) is 0.921. The maximum absolute atomic E-state index is 10.5. The molecule has 0 atom stereocenters. The van der Waals surface area contributed by atoms with E-state index < -0.39 is 4.92 Å². The lowest BCUT2D eigenvalue weighted by atomic mass is 10.5. The first-order valence-electron chi connectivity index (χ1n) is 3.37. The Bertz CT molecular complexity index is 422. The van der Waals surface area contributed by atoms with Crippen LogP contribution in [-0.4, -0.2) is 19.9 Å². The Morgan fingerprint density at radius 2 is 2.46 bits per heavy atom. The fraction of sp³-hybridized carbons (Fsp3) is 0. The first-order chi connectivity index (χ1) is 6.29. The van der Waals surface area contributed by atoms with E-state index in [1.54, 1.807) is 11.6 Å². The highest BCUT2D eigenvalue weighted by atomic mass is 32.1. The summed E-state index contributed by atoms with van der Waals surface area (Å²) in [6, 6.07) is 1.45. The maximum atomic E-state index is 10.5. The van der Waals surface area contributed by atoms with Crippen LogP contribution in [0.3, 0.4) is 0 Å². The molecule has 0 saturated heterocycles. The third kappa shape index (κ3) is 1.29. The Labute approximate surface area is 76.6 Å². The average molecular weight is 196 g/mol. The van der Waals surface area contributed by atoms with Crippen molar-refractivity contribution in [2.45, 2.75) is 0 Å². The highest BCUT2D eigenvalue weighted by Gasteiger charge is 2.16. The highest BCUT2D eigenvalue weighted by molar-refractivity contribution is 7.13. The summed E-state index contributed by atoms with van der Waals surface area (Å²) < 4.78 is 1.38. The molecule has 0 aromatic carbocycles. The van der Waals surface area contributed by atoms with Gasteiger partial charge in [-0.2, -0.15) is 0 Å². The van der Waals surface area contributed by atoms with E-state index in [9.17, 15) is 10.1 Å². The maximum Gasteiger partial charge on any atom is 0.305 e. The van der Waals surface area contributed by atoms with Gasteiger partial charge in [0.25, 0.3) is 0 Å². The van der Waals surface area contributed by atoms with Crippen LogP contribution >= 0.6 is 11.3 Å². The molecule has 0 aliphatic carbocycles. The summed E-state index contributed by atoms with van der Waals surface area (Å²) in [5, 5.41) is 19.9. The van der Waals surface area contributed by atoms with Crippen LogP contribution in [0.25, 0.3) is 5.00 Å². The Morgan fingerprint density at radius 1 is 1.62 bits per heavy atom. The molecule has 0 bridgehead atoms. The minimum atomic E-state index is -0.437. The van der Waals surface area contributed by atoms with Crippen LogP contribution in [-0.2, 0) is 0 Å². The van der Waals surface area contributed by atoms with Crippen LogP contribution in [0.1, 0.15) is 0 Å². The van der Waals surface area contributed by atoms with E-state index in [4.69, 9.17) is 0 Å². The molecular weight excluding hydrogens is 192 g/mol. The number of hydrogen-bond donors (Lipinski definition) is 0. The minimum Gasteiger partial charge on any atom is -0.258 e.